The molecule has 0 spiro atoms. The highest BCUT2D eigenvalue weighted by atomic mass is 31.1. The Kier molecular flexibility index (Phi) is 18.7. The first-order valence-corrected chi connectivity index (χ1v) is 35.4. The molecule has 2 unspecified atom stereocenters. The Labute approximate surface area is 560 Å². The van der Waals surface area contributed by atoms with Crippen LogP contribution >= 0.6 is 15.8 Å². The molecule has 4 heterocycles. The van der Waals surface area contributed by atoms with Crippen molar-refractivity contribution in [3.8, 4) is 0 Å². The number of hydrazine groups is 2. The summed E-state index contributed by atoms with van der Waals surface area (Å²) in [4.78, 5) is 123. The van der Waals surface area contributed by atoms with Gasteiger partial charge in [-0.25, -0.2) is 20.0 Å². The second kappa shape index (κ2) is 27.9. The maximum Gasteiger partial charge on any atom is 0.252 e. The van der Waals surface area contributed by atoms with Crippen molar-refractivity contribution in [2.24, 2.45) is 0 Å². The minimum Gasteiger partial charge on any atom is -0.346 e. The van der Waals surface area contributed by atoms with E-state index in [9.17, 15) is 0 Å². The van der Waals surface area contributed by atoms with Crippen LogP contribution in [0.5, 0.6) is 0 Å². The summed E-state index contributed by atoms with van der Waals surface area (Å²) in [6.45, 7) is 7.58. The Balaban J connectivity index is 1.07. The highest BCUT2D eigenvalue weighted by Gasteiger charge is 2.60. The van der Waals surface area contributed by atoms with E-state index in [1.54, 1.807) is 48.5 Å². The van der Waals surface area contributed by atoms with Gasteiger partial charge in [0.15, 0.2) is 0 Å². The third-order valence-electron chi connectivity index (χ3n) is 18.5. The van der Waals surface area contributed by atoms with Gasteiger partial charge >= 0.3 is 0 Å². The van der Waals surface area contributed by atoms with Crippen molar-refractivity contribution in [2.45, 2.75) is 101 Å². The molecule has 9 aromatic carbocycles. The zero-order valence-corrected chi connectivity index (χ0v) is 55.3. The summed E-state index contributed by atoms with van der Waals surface area (Å²) in [6.07, 6.45) is -0.579. The highest BCUT2D eigenvalue weighted by molar-refractivity contribution is 7.73. The third kappa shape index (κ3) is 12.4. The van der Waals surface area contributed by atoms with Gasteiger partial charge in [0.05, 0.1) is 24.2 Å². The number of hydrogen-bond acceptors (Lipinski definition) is 8. The van der Waals surface area contributed by atoms with E-state index in [1.807, 2.05) is 222 Å². The highest BCUT2D eigenvalue weighted by Crippen LogP contribution is 2.74. The first-order chi connectivity index (χ1) is 46.7. The van der Waals surface area contributed by atoms with Crippen LogP contribution in [0.2, 0.25) is 0 Å². The predicted molar refractivity (Wildman–Crippen MR) is 371 cm³/mol. The molecule has 4 aliphatic rings. The van der Waals surface area contributed by atoms with Crippen molar-refractivity contribution in [2.75, 3.05) is 0 Å². The molecule has 13 rings (SSSR count). The Hall–Kier alpha value is -10.4. The molecule has 0 radical (unpaired) electrons. The molecule has 0 bridgehead atoms. The van der Waals surface area contributed by atoms with Gasteiger partial charge in [0.1, 0.15) is 23.1 Å². The Morgan fingerprint density at radius 3 is 0.698 bits per heavy atom. The number of benzene rings is 9. The molecule has 4 aliphatic heterocycles. The van der Waals surface area contributed by atoms with Gasteiger partial charge in [-0.3, -0.25) is 38.4 Å². The van der Waals surface area contributed by atoms with Crippen LogP contribution in [-0.4, -0.2) is 67.3 Å². The first-order valence-electron chi connectivity index (χ1n) is 32.4. The summed E-state index contributed by atoms with van der Waals surface area (Å²) in [5.74, 6) is -7.60. The molecular formula is C78H72N8O8P2. The maximum atomic E-state index is 15.5. The predicted octanol–water partition coefficient (Wildman–Crippen LogP) is 13.4. The SMILES string of the molecule is C[C@H](NC(=O)c1ccccc1C1N2C(=O)CCC(=O)N2[C@H](c2ccccc2C(=O)N[C@@H](C)c2ccccc2)P1c1ccccc1P1[C@@H](c2ccccc2C(=O)N[C@@H](C)c2ccccc2)N2C(=O)CCC(=O)N2[C@@H]1c1ccccc1C(=O)N[C@@H](C)c1ccccc1)c1ccccc1. The van der Waals surface area contributed by atoms with E-state index >= 15 is 38.4 Å². The number of nitrogens with one attached hydrogen (secondary N) is 4. The van der Waals surface area contributed by atoms with Crippen LogP contribution in [0.3, 0.4) is 0 Å². The fourth-order valence-corrected chi connectivity index (χ4v) is 21.3. The molecule has 96 heavy (non-hydrogen) atoms. The van der Waals surface area contributed by atoms with Crippen LogP contribution in [0, 0.1) is 0 Å². The minimum absolute atomic E-state index is 0.145. The normalized spacial score (nSPS) is 19.8. The largest absolute Gasteiger partial charge is 0.346 e. The third-order valence-corrected chi connectivity index (χ3v) is 24.7. The lowest BCUT2D eigenvalue weighted by Gasteiger charge is -2.38. The first kappa shape index (κ1) is 64.3. The van der Waals surface area contributed by atoms with Crippen LogP contribution in [-0.2, 0) is 19.2 Å². The summed E-state index contributed by atoms with van der Waals surface area (Å²) >= 11 is 0. The van der Waals surface area contributed by atoms with Gasteiger partial charge < -0.3 is 21.3 Å². The zero-order valence-electron chi connectivity index (χ0n) is 53.5. The number of carbonyl (C=O) groups excluding carboxylic acids is 8. The summed E-state index contributed by atoms with van der Waals surface area (Å²) in [5.41, 5.74) is 6.21. The number of fused-ring (bicyclic) bond motifs is 2. The molecule has 9 atom stereocenters. The maximum absolute atomic E-state index is 15.5. The van der Waals surface area contributed by atoms with Gasteiger partial charge in [0, 0.05) is 47.9 Å². The summed E-state index contributed by atoms with van der Waals surface area (Å²) < 4.78 is 0. The number of amides is 8. The number of nitrogens with zero attached hydrogens (tertiary/aromatic N) is 4. The van der Waals surface area contributed by atoms with E-state index in [0.29, 0.717) is 32.9 Å². The summed E-state index contributed by atoms with van der Waals surface area (Å²) in [7, 11) is -4.41. The second-order valence-electron chi connectivity index (χ2n) is 24.5. The fraction of sp³-hybridized carbons (Fsp3) is 0.205. The molecule has 0 saturated carbocycles. The van der Waals surface area contributed by atoms with Crippen LogP contribution in [0.15, 0.2) is 243 Å². The van der Waals surface area contributed by atoms with Crippen molar-refractivity contribution in [3.63, 3.8) is 0 Å². The lowest BCUT2D eigenvalue weighted by atomic mass is 10.0. The molecule has 18 heteroatoms. The molecule has 9 aromatic rings. The van der Waals surface area contributed by atoms with E-state index in [1.165, 1.54) is 20.0 Å². The van der Waals surface area contributed by atoms with E-state index in [-0.39, 0.29) is 71.6 Å². The Bertz CT molecular complexity index is 3910. The molecule has 0 aliphatic carbocycles. The molecule has 4 N–H and O–H groups in total. The topological polar surface area (TPSA) is 198 Å². The van der Waals surface area contributed by atoms with E-state index < -0.39 is 86.8 Å². The Morgan fingerprint density at radius 1 is 0.292 bits per heavy atom. The van der Waals surface area contributed by atoms with Crippen LogP contribution in [0.25, 0.3) is 0 Å². The van der Waals surface area contributed by atoms with Crippen LogP contribution in [0.1, 0.15) is 187 Å². The van der Waals surface area contributed by atoms with Gasteiger partial charge in [0.2, 0.25) is 23.6 Å². The van der Waals surface area contributed by atoms with Gasteiger partial charge in [-0.2, -0.15) is 0 Å². The fourth-order valence-electron chi connectivity index (χ4n) is 13.8. The average molecular weight is 1310 g/mol. The molecule has 4 saturated heterocycles. The van der Waals surface area contributed by atoms with Crippen molar-refractivity contribution in [1.29, 1.82) is 0 Å². The van der Waals surface area contributed by atoms with Crippen LogP contribution < -0.4 is 31.9 Å². The van der Waals surface area contributed by atoms with Gasteiger partial charge in [-0.15, -0.1) is 0 Å². The molecule has 0 aromatic heterocycles. The molecule has 4 fully saturated rings. The zero-order chi connectivity index (χ0) is 66.7. The molecule has 482 valence electrons. The monoisotopic (exact) mass is 1310 g/mol. The van der Waals surface area contributed by atoms with Crippen molar-refractivity contribution < 1.29 is 38.4 Å². The Morgan fingerprint density at radius 2 is 0.479 bits per heavy atom. The lowest BCUT2D eigenvalue weighted by Crippen LogP contribution is -2.50. The smallest absolute Gasteiger partial charge is 0.252 e. The van der Waals surface area contributed by atoms with Crippen molar-refractivity contribution in [1.82, 2.24) is 41.3 Å². The van der Waals surface area contributed by atoms with E-state index in [2.05, 4.69) is 21.3 Å². The van der Waals surface area contributed by atoms with Crippen LogP contribution in [0.4, 0.5) is 0 Å². The van der Waals surface area contributed by atoms with Gasteiger partial charge in [0.25, 0.3) is 23.6 Å². The van der Waals surface area contributed by atoms with E-state index in [0.717, 1.165) is 22.3 Å². The second-order valence-corrected chi connectivity index (χ2v) is 29.1. The van der Waals surface area contributed by atoms with E-state index in [4.69, 9.17) is 0 Å². The van der Waals surface area contributed by atoms with Crippen molar-refractivity contribution in [3.05, 3.63) is 309 Å². The lowest BCUT2D eigenvalue weighted by molar-refractivity contribution is -0.171. The standard InChI is InChI=1S/C78H72N8O8P2/c1-49(53-27-9-5-10-28-53)79-71(91)57-35-17-21-39-61(57)75-83-67(87)45-46-68(88)84(83)76(62-40-22-18-36-58(62)72(92)80-50(2)54-29-11-6-12-30-54)95(75)65-43-25-26-44-66(65)96-77(63-41-23-19-37-59(63)73(93)81-51(3)55-31-13-7-14-32-55)85-69(89)47-48-70(90)86(85)78(96)64-42-24-20-38-60(64)74(94)82-52(4)56-33-15-8-16-34-56/h5-44,49-52,75-78H,45-48H2,1-4H3,(H,79,91)(H,80,92)(H,81,93)(H,82,94)/t49-,50-,51-,52-,75-,76-,77-,78?,96?/m0/s1. The number of carbonyl (C=O) groups is 8. The summed E-state index contributed by atoms with van der Waals surface area (Å²) in [5, 5.41) is 20.2. The van der Waals surface area contributed by atoms with Gasteiger partial charge in [-0.1, -0.05) is 218 Å². The quantitative estimate of drug-likeness (QED) is 0.0609. The van der Waals surface area contributed by atoms with Crippen molar-refractivity contribution >= 4 is 73.7 Å². The minimum atomic E-state index is -2.20. The number of hydrogen-bond donors (Lipinski definition) is 4. The number of rotatable bonds is 18. The van der Waals surface area contributed by atoms with Gasteiger partial charge in [-0.05, 0) is 123 Å². The molecule has 16 nitrogen and oxygen atoms in total. The molecular weight excluding hydrogens is 1240 g/mol. The summed E-state index contributed by atoms with van der Waals surface area (Å²) in [6, 6.07) is 72.6. The molecule has 8 amide bonds. The average Bonchev–Trinajstić information content (AvgIpc) is 1.55.